The summed E-state index contributed by atoms with van der Waals surface area (Å²) in [6.45, 7) is 8.33. The van der Waals surface area contributed by atoms with Crippen molar-refractivity contribution in [3.8, 4) is 78.6 Å². The van der Waals surface area contributed by atoms with E-state index >= 15 is 0 Å². The van der Waals surface area contributed by atoms with Crippen molar-refractivity contribution >= 4 is 11.0 Å². The fraction of sp³-hybridized carbons (Fsp3) is 0.125. The molecule has 0 saturated carbocycles. The standard InChI is InChI=1S/C56H47N3O.Pt/c1-36-28-38(3)54(60-7)49(29-36)55-58-53-46(43-31-44(33-45(32-43)56(4,5)6)50-34-42(26-27-57-50)39-18-11-8-12-19-39)24-17-25-51(53)59(55)52-35-47(40-20-13-9-14-21-40)37(2)30-48(52)41-22-15-10-16-23-41;/h8-30,32-35H,7H2,1-6H3;/q-2;+2/i2D3;. The van der Waals surface area contributed by atoms with E-state index in [0.29, 0.717) is 17.1 Å². The molecule has 9 aromatic rings. The van der Waals surface area contributed by atoms with Gasteiger partial charge in [-0.1, -0.05) is 147 Å². The quantitative estimate of drug-likeness (QED) is 0.142. The van der Waals surface area contributed by atoms with Gasteiger partial charge in [0, 0.05) is 21.6 Å². The van der Waals surface area contributed by atoms with Crippen LogP contribution in [0.15, 0.2) is 164 Å². The van der Waals surface area contributed by atoms with Gasteiger partial charge in [-0.05, 0) is 101 Å². The fourth-order valence-electron chi connectivity index (χ4n) is 8.21. The third kappa shape index (κ3) is 8.01. The molecule has 0 aliphatic rings. The maximum atomic E-state index is 8.78. The molecule has 0 aliphatic carbocycles. The maximum Gasteiger partial charge on any atom is 2.00 e. The van der Waals surface area contributed by atoms with E-state index in [9.17, 15) is 0 Å². The van der Waals surface area contributed by atoms with Crippen molar-refractivity contribution in [1.82, 2.24) is 14.5 Å². The van der Waals surface area contributed by atoms with Crippen LogP contribution in [0.5, 0.6) is 5.75 Å². The van der Waals surface area contributed by atoms with Crippen molar-refractivity contribution in [2.24, 2.45) is 0 Å². The first-order valence-corrected chi connectivity index (χ1v) is 20.2. The average Bonchev–Trinajstić information content (AvgIpc) is 3.68. The number of ether oxygens (including phenoxy) is 1. The topological polar surface area (TPSA) is 39.9 Å². The Morgan fingerprint density at radius 3 is 1.93 bits per heavy atom. The van der Waals surface area contributed by atoms with Crippen molar-refractivity contribution < 1.29 is 29.9 Å². The molecule has 5 heteroatoms. The number of hydrogen-bond acceptors (Lipinski definition) is 3. The van der Waals surface area contributed by atoms with Crippen molar-refractivity contribution in [3.63, 3.8) is 0 Å². The summed E-state index contributed by atoms with van der Waals surface area (Å²) >= 11 is 0. The summed E-state index contributed by atoms with van der Waals surface area (Å²) in [5.41, 5.74) is 15.0. The molecular weight excluding hydrogens is 926 g/mol. The number of rotatable bonds is 8. The second kappa shape index (κ2) is 17.0. The van der Waals surface area contributed by atoms with Gasteiger partial charge in [0.15, 0.2) is 0 Å². The van der Waals surface area contributed by atoms with E-state index < -0.39 is 6.85 Å². The molecule has 7 aromatic carbocycles. The van der Waals surface area contributed by atoms with Crippen LogP contribution in [0.2, 0.25) is 0 Å². The van der Waals surface area contributed by atoms with Crippen LogP contribution in [-0.4, -0.2) is 14.5 Å². The monoisotopic (exact) mass is 975 g/mol. The molecule has 0 unspecified atom stereocenters. The molecule has 0 spiro atoms. The molecule has 2 aromatic heterocycles. The fourth-order valence-corrected chi connectivity index (χ4v) is 8.21. The van der Waals surface area contributed by atoms with Crippen molar-refractivity contribution in [1.29, 1.82) is 0 Å². The van der Waals surface area contributed by atoms with E-state index in [1.54, 1.807) is 0 Å². The number of para-hydroxylation sites is 1. The van der Waals surface area contributed by atoms with Crippen molar-refractivity contribution in [3.05, 3.63) is 199 Å². The molecule has 0 bridgehead atoms. The van der Waals surface area contributed by atoms with Crippen LogP contribution in [-0.2, 0) is 26.5 Å². The zero-order valence-electron chi connectivity index (χ0n) is 37.9. The molecule has 0 fully saturated rings. The third-order valence-electron chi connectivity index (χ3n) is 11.2. The second-order valence-corrected chi connectivity index (χ2v) is 16.4. The molecule has 0 saturated heterocycles. The first-order valence-electron chi connectivity index (χ1n) is 21.7. The molecule has 0 N–H and O–H groups in total. The molecule has 4 nitrogen and oxygen atoms in total. The van der Waals surface area contributed by atoms with Crippen LogP contribution in [0.25, 0.3) is 83.9 Å². The molecule has 0 radical (unpaired) electrons. The molecular formula is C56H47N3OPt. The van der Waals surface area contributed by atoms with Gasteiger partial charge in [0.1, 0.15) is 5.82 Å². The van der Waals surface area contributed by atoms with Crippen LogP contribution in [0.1, 0.15) is 47.1 Å². The Labute approximate surface area is 378 Å². The largest absolute Gasteiger partial charge is 2.00 e. The zero-order chi connectivity index (χ0) is 44.0. The van der Waals surface area contributed by atoms with Crippen LogP contribution >= 0.6 is 0 Å². The number of imidazole rings is 1. The molecule has 2 heterocycles. The number of pyridine rings is 1. The van der Waals surface area contributed by atoms with Crippen LogP contribution < -0.4 is 4.74 Å². The Morgan fingerprint density at radius 1 is 0.623 bits per heavy atom. The Balaban J connectivity index is 0.00000560. The van der Waals surface area contributed by atoms with Gasteiger partial charge >= 0.3 is 21.1 Å². The van der Waals surface area contributed by atoms with Gasteiger partial charge in [-0.2, -0.15) is 7.11 Å². The minimum atomic E-state index is -2.40. The SMILES string of the molecule is [2H]C([2H])([2H])c1cc(-c2ccccc2)c(-n2c(-c3cc(C)cc(C)c3O[CH2-])nc3c(-c4[c-]c(-c5cc(-c6ccccc6)ccn5)cc(C(C)(C)C)c4)cccc32)cc1-c1ccccc1.[Pt+2]. The van der Waals surface area contributed by atoms with Gasteiger partial charge in [0.05, 0.1) is 28.0 Å². The average molecular weight is 976 g/mol. The molecule has 0 atom stereocenters. The van der Waals surface area contributed by atoms with Crippen LogP contribution in [0.3, 0.4) is 0 Å². The van der Waals surface area contributed by atoms with Crippen LogP contribution in [0.4, 0.5) is 0 Å². The van der Waals surface area contributed by atoms with E-state index in [1.807, 2.05) is 110 Å². The Morgan fingerprint density at radius 2 is 1.28 bits per heavy atom. The number of benzene rings is 7. The number of nitrogens with zero attached hydrogens (tertiary/aromatic N) is 3. The van der Waals surface area contributed by atoms with Crippen LogP contribution in [0, 0.1) is 33.9 Å². The summed E-state index contributed by atoms with van der Waals surface area (Å²) in [6, 6.07) is 56.6. The number of aromatic nitrogens is 3. The summed E-state index contributed by atoms with van der Waals surface area (Å²) in [5.74, 6) is 1.24. The Hall–Kier alpha value is -6.35. The minimum Gasteiger partial charge on any atom is -0.665 e. The summed E-state index contributed by atoms with van der Waals surface area (Å²) in [5, 5.41) is 0. The van der Waals surface area contributed by atoms with E-state index in [1.165, 1.54) is 0 Å². The van der Waals surface area contributed by atoms with Gasteiger partial charge < -0.3 is 4.74 Å². The predicted molar refractivity (Wildman–Crippen MR) is 249 cm³/mol. The number of hydrogen-bond donors (Lipinski definition) is 0. The smallest absolute Gasteiger partial charge is 0.665 e. The summed E-state index contributed by atoms with van der Waals surface area (Å²) < 4.78 is 34.4. The van der Waals surface area contributed by atoms with Crippen molar-refractivity contribution in [2.45, 2.75) is 46.9 Å². The Bertz CT molecular complexity index is 3140. The molecule has 0 aliphatic heterocycles. The van der Waals surface area contributed by atoms with Gasteiger partial charge in [0.2, 0.25) is 0 Å². The maximum absolute atomic E-state index is 8.78. The summed E-state index contributed by atoms with van der Waals surface area (Å²) in [4.78, 5) is 10.5. The normalized spacial score (nSPS) is 12.3. The summed E-state index contributed by atoms with van der Waals surface area (Å²) in [7, 11) is 3.90. The van der Waals surface area contributed by atoms with Gasteiger partial charge in [0.25, 0.3) is 0 Å². The molecule has 9 rings (SSSR count). The first kappa shape index (κ1) is 37.6. The van der Waals surface area contributed by atoms with E-state index in [2.05, 4.69) is 106 Å². The summed E-state index contributed by atoms with van der Waals surface area (Å²) in [6.07, 6.45) is 1.86. The second-order valence-electron chi connectivity index (χ2n) is 16.4. The van der Waals surface area contributed by atoms with Gasteiger partial charge in [-0.3, -0.25) is 9.55 Å². The van der Waals surface area contributed by atoms with E-state index in [-0.39, 0.29) is 32.0 Å². The third-order valence-corrected chi connectivity index (χ3v) is 11.2. The minimum absolute atomic E-state index is 0. The number of fused-ring (bicyclic) bond motifs is 1. The predicted octanol–water partition coefficient (Wildman–Crippen LogP) is 14.6. The van der Waals surface area contributed by atoms with E-state index in [0.717, 1.165) is 89.2 Å². The first-order chi connectivity index (χ1) is 30.3. The number of aryl methyl sites for hydroxylation is 3. The van der Waals surface area contributed by atoms with Gasteiger partial charge in [-0.15, -0.1) is 29.3 Å². The molecule has 302 valence electrons. The van der Waals surface area contributed by atoms with E-state index in [4.69, 9.17) is 18.8 Å². The molecule has 61 heavy (non-hydrogen) atoms. The molecule has 0 amide bonds. The Kier molecular flexibility index (Phi) is 10.5. The van der Waals surface area contributed by atoms with Crippen molar-refractivity contribution in [2.75, 3.05) is 0 Å². The zero-order valence-corrected chi connectivity index (χ0v) is 37.1. The van der Waals surface area contributed by atoms with Gasteiger partial charge in [-0.25, -0.2) is 4.98 Å².